The summed E-state index contributed by atoms with van der Waals surface area (Å²) in [4.78, 5) is 23.4. The Morgan fingerprint density at radius 1 is 0.897 bits per heavy atom. The summed E-state index contributed by atoms with van der Waals surface area (Å²) in [7, 11) is 0. The van der Waals surface area contributed by atoms with Crippen molar-refractivity contribution in [3.63, 3.8) is 0 Å². The average molecular weight is 395 g/mol. The lowest BCUT2D eigenvalue weighted by Gasteiger charge is -2.38. The molecule has 9 nitrogen and oxygen atoms in total. The van der Waals surface area contributed by atoms with Gasteiger partial charge in [0, 0.05) is 19.6 Å². The van der Waals surface area contributed by atoms with Gasteiger partial charge in [0.2, 0.25) is 17.8 Å². The third-order valence-corrected chi connectivity index (χ3v) is 5.70. The number of rotatable bonds is 3. The molecule has 0 spiro atoms. The molecule has 0 N–H and O–H groups in total. The van der Waals surface area contributed by atoms with Crippen LogP contribution in [0.15, 0.2) is 30.6 Å². The lowest BCUT2D eigenvalue weighted by molar-refractivity contribution is 0.0277. The Morgan fingerprint density at radius 3 is 2.52 bits per heavy atom. The molecule has 2 fully saturated rings. The molecule has 29 heavy (non-hydrogen) atoms. The standard InChI is InChI=1S/C20H25N7O2/c1-14-15(2)29-12-9-26(14)19-22-18(25-7-10-28-11-8-25)23-20(24-19)27-13-21-16-5-3-4-6-17(16)27/h3-6,13-15H,7-12H2,1-2H3/t14-,15-/m0/s1. The van der Waals surface area contributed by atoms with Crippen molar-refractivity contribution in [1.29, 1.82) is 0 Å². The monoisotopic (exact) mass is 395 g/mol. The van der Waals surface area contributed by atoms with E-state index in [1.807, 2.05) is 28.8 Å². The van der Waals surface area contributed by atoms with Gasteiger partial charge in [0.05, 0.1) is 43.0 Å². The van der Waals surface area contributed by atoms with Gasteiger partial charge in [0.1, 0.15) is 6.33 Å². The van der Waals surface area contributed by atoms with Crippen molar-refractivity contribution >= 4 is 22.9 Å². The summed E-state index contributed by atoms with van der Waals surface area (Å²) < 4.78 is 13.2. The molecule has 2 aliphatic rings. The molecule has 0 aliphatic carbocycles. The van der Waals surface area contributed by atoms with Gasteiger partial charge >= 0.3 is 0 Å². The summed E-state index contributed by atoms with van der Waals surface area (Å²) in [6, 6.07) is 8.17. The van der Waals surface area contributed by atoms with Gasteiger partial charge in [-0.05, 0) is 26.0 Å². The predicted molar refractivity (Wildman–Crippen MR) is 110 cm³/mol. The van der Waals surface area contributed by atoms with E-state index in [0.29, 0.717) is 37.7 Å². The smallest absolute Gasteiger partial charge is 0.242 e. The minimum absolute atomic E-state index is 0.116. The third-order valence-electron chi connectivity index (χ3n) is 5.70. The fourth-order valence-corrected chi connectivity index (χ4v) is 3.82. The summed E-state index contributed by atoms with van der Waals surface area (Å²) in [6.45, 7) is 8.53. The number of morpholine rings is 2. The van der Waals surface area contributed by atoms with Crippen LogP contribution in [0.3, 0.4) is 0 Å². The molecule has 0 unspecified atom stereocenters. The number of para-hydroxylation sites is 2. The summed E-state index contributed by atoms with van der Waals surface area (Å²) in [5.41, 5.74) is 1.89. The van der Waals surface area contributed by atoms with Crippen molar-refractivity contribution in [3.05, 3.63) is 30.6 Å². The first-order chi connectivity index (χ1) is 14.2. The summed E-state index contributed by atoms with van der Waals surface area (Å²) >= 11 is 0. The van der Waals surface area contributed by atoms with Crippen LogP contribution < -0.4 is 9.80 Å². The first-order valence-corrected chi connectivity index (χ1v) is 10.1. The van der Waals surface area contributed by atoms with Gasteiger partial charge in [0.15, 0.2) is 0 Å². The Kier molecular flexibility index (Phi) is 4.76. The normalized spacial score (nSPS) is 23.0. The Hall–Kier alpha value is -2.78. The maximum absolute atomic E-state index is 5.79. The maximum Gasteiger partial charge on any atom is 0.242 e. The highest BCUT2D eigenvalue weighted by molar-refractivity contribution is 5.76. The van der Waals surface area contributed by atoms with Crippen molar-refractivity contribution in [2.24, 2.45) is 0 Å². The van der Waals surface area contributed by atoms with Crippen LogP contribution in [-0.2, 0) is 9.47 Å². The van der Waals surface area contributed by atoms with Gasteiger partial charge in [0.25, 0.3) is 0 Å². The number of ether oxygens (including phenoxy) is 2. The Balaban J connectivity index is 1.62. The maximum atomic E-state index is 5.79. The molecule has 0 amide bonds. The summed E-state index contributed by atoms with van der Waals surface area (Å²) in [5, 5.41) is 0. The van der Waals surface area contributed by atoms with E-state index in [0.717, 1.165) is 30.7 Å². The first-order valence-electron chi connectivity index (χ1n) is 10.1. The molecule has 2 aliphatic heterocycles. The van der Waals surface area contributed by atoms with E-state index < -0.39 is 0 Å². The zero-order chi connectivity index (χ0) is 19.8. The topological polar surface area (TPSA) is 81.4 Å². The van der Waals surface area contributed by atoms with E-state index in [-0.39, 0.29) is 12.1 Å². The first kappa shape index (κ1) is 18.3. The molecule has 3 aromatic rings. The Bertz CT molecular complexity index is 1000. The van der Waals surface area contributed by atoms with Gasteiger partial charge in [-0.2, -0.15) is 15.0 Å². The number of imidazole rings is 1. The molecular formula is C20H25N7O2. The number of fused-ring (bicyclic) bond motifs is 1. The zero-order valence-electron chi connectivity index (χ0n) is 16.7. The molecule has 2 saturated heterocycles. The SMILES string of the molecule is C[C@@H]1OCCN(c2nc(N3CCOCC3)nc(-n3cnc4ccccc43)n2)[C@H]1C. The number of nitrogens with zero attached hydrogens (tertiary/aromatic N) is 7. The van der Waals surface area contributed by atoms with Crippen molar-refractivity contribution in [3.8, 4) is 5.95 Å². The van der Waals surface area contributed by atoms with Crippen LogP contribution in [0.25, 0.3) is 17.0 Å². The molecule has 0 radical (unpaired) electrons. The van der Waals surface area contributed by atoms with Gasteiger partial charge < -0.3 is 19.3 Å². The van der Waals surface area contributed by atoms with Crippen molar-refractivity contribution < 1.29 is 9.47 Å². The van der Waals surface area contributed by atoms with E-state index >= 15 is 0 Å². The van der Waals surface area contributed by atoms with Crippen molar-refractivity contribution in [2.45, 2.75) is 26.0 Å². The highest BCUT2D eigenvalue weighted by Gasteiger charge is 2.29. The fourth-order valence-electron chi connectivity index (χ4n) is 3.82. The minimum Gasteiger partial charge on any atom is -0.378 e. The largest absolute Gasteiger partial charge is 0.378 e. The number of aromatic nitrogens is 5. The van der Waals surface area contributed by atoms with E-state index in [1.165, 1.54) is 0 Å². The van der Waals surface area contributed by atoms with Gasteiger partial charge in [-0.25, -0.2) is 4.98 Å². The second kappa shape index (κ2) is 7.57. The van der Waals surface area contributed by atoms with Crippen LogP contribution in [0.1, 0.15) is 13.8 Å². The van der Waals surface area contributed by atoms with Crippen LogP contribution >= 0.6 is 0 Å². The van der Waals surface area contributed by atoms with E-state index in [4.69, 9.17) is 24.4 Å². The van der Waals surface area contributed by atoms with E-state index in [2.05, 4.69) is 28.6 Å². The van der Waals surface area contributed by atoms with Crippen molar-refractivity contribution in [2.75, 3.05) is 49.3 Å². The van der Waals surface area contributed by atoms with Crippen molar-refractivity contribution in [1.82, 2.24) is 24.5 Å². The van der Waals surface area contributed by atoms with Crippen LogP contribution in [0.5, 0.6) is 0 Å². The van der Waals surface area contributed by atoms with Gasteiger partial charge in [-0.15, -0.1) is 0 Å². The van der Waals surface area contributed by atoms with Crippen LogP contribution in [0.4, 0.5) is 11.9 Å². The second-order valence-corrected chi connectivity index (χ2v) is 7.45. The number of hydrogen-bond acceptors (Lipinski definition) is 8. The van der Waals surface area contributed by atoms with E-state index in [1.54, 1.807) is 6.33 Å². The molecule has 152 valence electrons. The van der Waals surface area contributed by atoms with Gasteiger partial charge in [-0.1, -0.05) is 12.1 Å². The highest BCUT2D eigenvalue weighted by Crippen LogP contribution is 2.24. The minimum atomic E-state index is 0.116. The lowest BCUT2D eigenvalue weighted by atomic mass is 10.1. The molecule has 4 heterocycles. The Morgan fingerprint density at radius 2 is 1.66 bits per heavy atom. The predicted octanol–water partition coefficient (Wildman–Crippen LogP) is 1.66. The summed E-state index contributed by atoms with van der Waals surface area (Å²) in [6.07, 6.45) is 1.89. The zero-order valence-corrected chi connectivity index (χ0v) is 16.7. The molecule has 0 saturated carbocycles. The number of hydrogen-bond donors (Lipinski definition) is 0. The van der Waals surface area contributed by atoms with Gasteiger partial charge in [-0.3, -0.25) is 4.57 Å². The molecule has 1 aromatic carbocycles. The molecular weight excluding hydrogens is 370 g/mol. The molecule has 2 atom stereocenters. The quantitative estimate of drug-likeness (QED) is 0.662. The van der Waals surface area contributed by atoms with Crippen LogP contribution in [-0.4, -0.2) is 76.1 Å². The Labute approximate surface area is 169 Å². The van der Waals surface area contributed by atoms with E-state index in [9.17, 15) is 0 Å². The molecule has 2 aromatic heterocycles. The lowest BCUT2D eigenvalue weighted by Crippen LogP contribution is -2.49. The number of benzene rings is 1. The fraction of sp³-hybridized carbons (Fsp3) is 0.500. The molecule has 5 rings (SSSR count). The second-order valence-electron chi connectivity index (χ2n) is 7.45. The molecule has 9 heteroatoms. The number of anilines is 2. The van der Waals surface area contributed by atoms with Crippen LogP contribution in [0, 0.1) is 0 Å². The van der Waals surface area contributed by atoms with Crippen LogP contribution in [0.2, 0.25) is 0 Å². The summed E-state index contributed by atoms with van der Waals surface area (Å²) in [5.74, 6) is 1.94. The average Bonchev–Trinajstić information content (AvgIpc) is 3.20. The third kappa shape index (κ3) is 3.40. The molecule has 0 bridgehead atoms. The highest BCUT2D eigenvalue weighted by atomic mass is 16.5.